The quantitative estimate of drug-likeness (QED) is 0.898. The molecule has 3 rings (SSSR count). The highest BCUT2D eigenvalue weighted by Gasteiger charge is 2.21. The number of carbonyl (C=O) groups excluding carboxylic acids is 1. The van der Waals surface area contributed by atoms with E-state index in [9.17, 15) is 9.59 Å². The summed E-state index contributed by atoms with van der Waals surface area (Å²) in [5.41, 5.74) is 0.0887. The zero-order valence-corrected chi connectivity index (χ0v) is 14.0. The fourth-order valence-electron chi connectivity index (χ4n) is 2.96. The van der Waals surface area contributed by atoms with Crippen molar-refractivity contribution in [2.75, 3.05) is 26.7 Å². The number of carbonyl (C=O) groups is 1. The van der Waals surface area contributed by atoms with Crippen LogP contribution in [-0.4, -0.2) is 53.4 Å². The molecule has 1 aromatic carbocycles. The number of hydrogen-bond acceptors (Lipinski definition) is 5. The largest absolute Gasteiger partial charge is 0.376 e. The Bertz CT molecular complexity index is 802. The van der Waals surface area contributed by atoms with Gasteiger partial charge in [0.1, 0.15) is 0 Å². The molecule has 1 amide bonds. The van der Waals surface area contributed by atoms with Gasteiger partial charge < -0.3 is 10.1 Å². The van der Waals surface area contributed by atoms with Crippen molar-refractivity contribution in [3.05, 3.63) is 40.3 Å². The molecular weight excluding hydrogens is 308 g/mol. The number of nitrogens with zero attached hydrogens (tertiary/aromatic N) is 3. The number of benzene rings is 1. The minimum absolute atomic E-state index is 0.174. The van der Waals surface area contributed by atoms with E-state index in [2.05, 4.69) is 22.2 Å². The molecule has 7 nitrogen and oxygen atoms in total. The highest BCUT2D eigenvalue weighted by molar-refractivity contribution is 6.04. The lowest BCUT2D eigenvalue weighted by atomic mass is 10.1. The van der Waals surface area contributed by atoms with E-state index < -0.39 is 0 Å². The number of fused-ring (bicyclic) bond motifs is 1. The number of nitrogens with one attached hydrogen (secondary N) is 1. The molecule has 1 saturated heterocycles. The molecule has 1 N–H and O–H groups in total. The Morgan fingerprint density at radius 3 is 2.83 bits per heavy atom. The summed E-state index contributed by atoms with van der Waals surface area (Å²) in [6.45, 7) is 4.58. The minimum atomic E-state index is -0.298. The van der Waals surface area contributed by atoms with Gasteiger partial charge in [0.25, 0.3) is 11.5 Å². The average molecular weight is 330 g/mol. The molecule has 24 heavy (non-hydrogen) atoms. The molecule has 2 aromatic rings. The Morgan fingerprint density at radius 2 is 2.12 bits per heavy atom. The van der Waals surface area contributed by atoms with E-state index in [4.69, 9.17) is 4.74 Å². The van der Waals surface area contributed by atoms with Gasteiger partial charge in [0, 0.05) is 25.5 Å². The lowest BCUT2D eigenvalue weighted by molar-refractivity contribution is -0.0415. The summed E-state index contributed by atoms with van der Waals surface area (Å²) in [7, 11) is 1.56. The van der Waals surface area contributed by atoms with Gasteiger partial charge in [-0.05, 0) is 12.5 Å². The zero-order chi connectivity index (χ0) is 17.1. The summed E-state index contributed by atoms with van der Waals surface area (Å²) < 4.78 is 7.04. The number of ether oxygens (including phenoxy) is 1. The van der Waals surface area contributed by atoms with E-state index in [-0.39, 0.29) is 23.3 Å². The fourth-order valence-corrected chi connectivity index (χ4v) is 2.96. The first-order valence-corrected chi connectivity index (χ1v) is 8.20. The number of morpholine rings is 1. The molecular formula is C17H22N4O3. The van der Waals surface area contributed by atoms with Crippen LogP contribution in [0.15, 0.2) is 29.1 Å². The Labute approximate surface area is 140 Å². The smallest absolute Gasteiger partial charge is 0.275 e. The zero-order valence-electron chi connectivity index (χ0n) is 14.0. The first-order chi connectivity index (χ1) is 11.6. The predicted molar refractivity (Wildman–Crippen MR) is 91.0 cm³/mol. The summed E-state index contributed by atoms with van der Waals surface area (Å²) in [5.74, 6) is -0.298. The number of aromatic nitrogens is 2. The Kier molecular flexibility index (Phi) is 4.92. The summed E-state index contributed by atoms with van der Waals surface area (Å²) in [6, 6.07) is 7.08. The molecule has 0 spiro atoms. The third-order valence-corrected chi connectivity index (χ3v) is 4.32. The van der Waals surface area contributed by atoms with E-state index in [1.165, 1.54) is 4.68 Å². The van der Waals surface area contributed by atoms with Crippen LogP contribution >= 0.6 is 0 Å². The summed E-state index contributed by atoms with van der Waals surface area (Å²) in [4.78, 5) is 27.0. The van der Waals surface area contributed by atoms with Gasteiger partial charge in [0.05, 0.1) is 24.8 Å². The van der Waals surface area contributed by atoms with Crippen molar-refractivity contribution in [3.8, 4) is 0 Å². The summed E-state index contributed by atoms with van der Waals surface area (Å²) >= 11 is 0. The van der Waals surface area contributed by atoms with Crippen molar-refractivity contribution >= 4 is 16.7 Å². The van der Waals surface area contributed by atoms with Gasteiger partial charge in [-0.15, -0.1) is 0 Å². The molecule has 0 aliphatic carbocycles. The molecule has 1 unspecified atom stereocenters. The molecule has 0 saturated carbocycles. The Hall–Kier alpha value is -2.25. The third kappa shape index (κ3) is 3.18. The van der Waals surface area contributed by atoms with Crippen LogP contribution in [-0.2, 0) is 11.4 Å². The minimum Gasteiger partial charge on any atom is -0.376 e. The van der Waals surface area contributed by atoms with Crippen LogP contribution in [0.4, 0.5) is 0 Å². The average Bonchev–Trinajstić information content (AvgIpc) is 2.63. The molecule has 1 aromatic heterocycles. The lowest BCUT2D eigenvalue weighted by Gasteiger charge is -2.32. The van der Waals surface area contributed by atoms with Crippen LogP contribution < -0.4 is 10.9 Å². The Morgan fingerprint density at radius 1 is 1.38 bits per heavy atom. The van der Waals surface area contributed by atoms with Crippen molar-refractivity contribution in [2.24, 2.45) is 0 Å². The molecule has 128 valence electrons. The maximum Gasteiger partial charge on any atom is 0.275 e. The van der Waals surface area contributed by atoms with Gasteiger partial charge in [-0.3, -0.25) is 14.5 Å². The predicted octanol–water partition coefficient (Wildman–Crippen LogP) is 0.824. The molecule has 0 radical (unpaired) electrons. The fraction of sp³-hybridized carbons (Fsp3) is 0.471. The normalized spacial score (nSPS) is 18.7. The molecule has 1 aliphatic rings. The highest BCUT2D eigenvalue weighted by Crippen LogP contribution is 2.14. The third-order valence-electron chi connectivity index (χ3n) is 4.32. The van der Waals surface area contributed by atoms with E-state index in [1.807, 2.05) is 0 Å². The van der Waals surface area contributed by atoms with E-state index in [1.54, 1.807) is 31.3 Å². The van der Waals surface area contributed by atoms with Gasteiger partial charge in [-0.25, -0.2) is 4.68 Å². The van der Waals surface area contributed by atoms with Crippen LogP contribution in [0, 0.1) is 0 Å². The molecule has 1 aliphatic heterocycles. The van der Waals surface area contributed by atoms with E-state index in [0.717, 1.165) is 19.5 Å². The van der Waals surface area contributed by atoms with Crippen molar-refractivity contribution in [2.45, 2.75) is 26.1 Å². The molecule has 7 heteroatoms. The van der Waals surface area contributed by atoms with Crippen molar-refractivity contribution < 1.29 is 9.53 Å². The van der Waals surface area contributed by atoms with E-state index >= 15 is 0 Å². The molecule has 1 atom stereocenters. The Balaban J connectivity index is 2.00. The summed E-state index contributed by atoms with van der Waals surface area (Å²) in [5, 5.41) is 8.00. The first-order valence-electron chi connectivity index (χ1n) is 8.20. The van der Waals surface area contributed by atoms with E-state index in [0.29, 0.717) is 24.0 Å². The van der Waals surface area contributed by atoms with Crippen LogP contribution in [0.2, 0.25) is 0 Å². The highest BCUT2D eigenvalue weighted by atomic mass is 16.5. The second-order valence-electron chi connectivity index (χ2n) is 5.90. The van der Waals surface area contributed by atoms with Gasteiger partial charge in [-0.1, -0.05) is 25.1 Å². The lowest BCUT2D eigenvalue weighted by Crippen LogP contribution is -2.45. The molecule has 0 bridgehead atoms. The standard InChI is InChI=1S/C17H22N4O3/c1-3-12-10-20(8-9-24-12)11-21-17(23)14-7-5-4-6-13(14)15(19-21)16(22)18-2/h4-7,12H,3,8-11H2,1-2H3,(H,18,22). The SMILES string of the molecule is CCC1CN(Cn2nc(C(=O)NC)c3ccccc3c2=O)CCO1. The van der Waals surface area contributed by atoms with Crippen LogP contribution in [0.5, 0.6) is 0 Å². The molecule has 1 fully saturated rings. The number of amides is 1. The maximum atomic E-state index is 12.7. The summed E-state index contributed by atoms with van der Waals surface area (Å²) in [6.07, 6.45) is 1.10. The van der Waals surface area contributed by atoms with Gasteiger partial charge in [-0.2, -0.15) is 5.10 Å². The van der Waals surface area contributed by atoms with Crippen LogP contribution in [0.3, 0.4) is 0 Å². The number of rotatable bonds is 4. The van der Waals surface area contributed by atoms with Crippen molar-refractivity contribution in [1.29, 1.82) is 0 Å². The number of hydrogen-bond donors (Lipinski definition) is 1. The monoisotopic (exact) mass is 330 g/mol. The topological polar surface area (TPSA) is 76.5 Å². The second kappa shape index (κ2) is 7.11. The maximum absolute atomic E-state index is 12.7. The van der Waals surface area contributed by atoms with Gasteiger partial charge >= 0.3 is 0 Å². The van der Waals surface area contributed by atoms with Crippen molar-refractivity contribution in [3.63, 3.8) is 0 Å². The first kappa shape index (κ1) is 16.6. The van der Waals surface area contributed by atoms with Crippen molar-refractivity contribution in [1.82, 2.24) is 20.0 Å². The van der Waals surface area contributed by atoms with Gasteiger partial charge in [0.2, 0.25) is 0 Å². The van der Waals surface area contributed by atoms with Gasteiger partial charge in [0.15, 0.2) is 5.69 Å². The van der Waals surface area contributed by atoms with Crippen LogP contribution in [0.1, 0.15) is 23.8 Å². The van der Waals surface area contributed by atoms with Crippen LogP contribution in [0.25, 0.3) is 10.8 Å². The molecule has 2 heterocycles. The second-order valence-corrected chi connectivity index (χ2v) is 5.90.